The maximum absolute atomic E-state index is 12.1. The number of piperidine rings is 1. The molecule has 2 aromatic rings. The van der Waals surface area contributed by atoms with Gasteiger partial charge in [-0.15, -0.1) is 0 Å². The number of likely N-dealkylation sites (N-methyl/N-ethyl adjacent to an activating group) is 1. The van der Waals surface area contributed by atoms with Crippen molar-refractivity contribution < 1.29 is 4.79 Å². The predicted molar refractivity (Wildman–Crippen MR) is 106 cm³/mol. The predicted octanol–water partition coefficient (Wildman–Crippen LogP) is 1.86. The molecule has 1 aromatic heterocycles. The molecule has 1 amide bonds. The Morgan fingerprint density at radius 2 is 1.96 bits per heavy atom. The van der Waals surface area contributed by atoms with Gasteiger partial charge in [-0.2, -0.15) is 5.10 Å². The van der Waals surface area contributed by atoms with Gasteiger partial charge >= 0.3 is 0 Å². The Labute approximate surface area is 161 Å². The summed E-state index contributed by atoms with van der Waals surface area (Å²) in [6.45, 7) is 4.62. The van der Waals surface area contributed by atoms with Crippen molar-refractivity contribution in [1.82, 2.24) is 24.5 Å². The maximum Gasteiger partial charge on any atom is 0.236 e. The standard InChI is InChI=1S/C21H29N5O/c1-23(2)21(27)16-24-11-17-8-9-20(15-24)25(12-17)13-18-10-22-26(14-18)19-6-4-3-5-7-19/h3-7,10,14,17,20H,8-9,11-13,15-16H2,1-2H3/t17-,20+/m0/s1. The van der Waals surface area contributed by atoms with Gasteiger partial charge < -0.3 is 4.90 Å². The van der Waals surface area contributed by atoms with E-state index in [0.29, 0.717) is 18.5 Å². The summed E-state index contributed by atoms with van der Waals surface area (Å²) in [5, 5.41) is 4.54. The zero-order valence-electron chi connectivity index (χ0n) is 16.3. The van der Waals surface area contributed by atoms with Crippen molar-refractivity contribution in [3.63, 3.8) is 0 Å². The van der Waals surface area contributed by atoms with Crippen LogP contribution in [0.3, 0.4) is 0 Å². The number of fused-ring (bicyclic) bond motifs is 4. The fourth-order valence-corrected chi connectivity index (χ4v) is 4.33. The van der Waals surface area contributed by atoms with Gasteiger partial charge in [0.15, 0.2) is 0 Å². The van der Waals surface area contributed by atoms with Crippen LogP contribution < -0.4 is 0 Å². The second-order valence-electron chi connectivity index (χ2n) is 8.14. The van der Waals surface area contributed by atoms with Crippen LogP contribution in [0.25, 0.3) is 5.69 Å². The number of amides is 1. The Bertz CT molecular complexity index is 772. The number of benzene rings is 1. The highest BCUT2D eigenvalue weighted by atomic mass is 16.2. The van der Waals surface area contributed by atoms with Crippen molar-refractivity contribution in [2.45, 2.75) is 25.4 Å². The third-order valence-corrected chi connectivity index (χ3v) is 5.80. The lowest BCUT2D eigenvalue weighted by atomic mass is 9.95. The van der Waals surface area contributed by atoms with Gasteiger partial charge in [0.2, 0.25) is 5.91 Å². The minimum absolute atomic E-state index is 0.201. The van der Waals surface area contributed by atoms with E-state index in [9.17, 15) is 4.79 Å². The minimum Gasteiger partial charge on any atom is -0.348 e. The van der Waals surface area contributed by atoms with Crippen molar-refractivity contribution in [3.05, 3.63) is 48.3 Å². The van der Waals surface area contributed by atoms with Crippen LogP contribution in [-0.4, -0.2) is 76.7 Å². The van der Waals surface area contributed by atoms with Crippen LogP contribution in [0.15, 0.2) is 42.7 Å². The first-order valence-corrected chi connectivity index (χ1v) is 9.84. The lowest BCUT2D eigenvalue weighted by Crippen LogP contribution is -2.44. The van der Waals surface area contributed by atoms with Crippen LogP contribution in [0.1, 0.15) is 18.4 Å². The van der Waals surface area contributed by atoms with Crippen molar-refractivity contribution in [1.29, 1.82) is 0 Å². The van der Waals surface area contributed by atoms with E-state index >= 15 is 0 Å². The Kier molecular flexibility index (Phi) is 5.27. The van der Waals surface area contributed by atoms with Crippen molar-refractivity contribution in [3.8, 4) is 5.69 Å². The molecule has 0 N–H and O–H groups in total. The molecular weight excluding hydrogens is 338 g/mol. The summed E-state index contributed by atoms with van der Waals surface area (Å²) in [6, 6.07) is 10.8. The van der Waals surface area contributed by atoms with E-state index in [1.807, 2.05) is 43.2 Å². The first-order chi connectivity index (χ1) is 13.1. The normalized spacial score (nSPS) is 23.3. The highest BCUT2D eigenvalue weighted by Gasteiger charge is 2.35. The van der Waals surface area contributed by atoms with Gasteiger partial charge in [-0.3, -0.25) is 14.6 Å². The first-order valence-electron chi connectivity index (χ1n) is 9.84. The second-order valence-corrected chi connectivity index (χ2v) is 8.14. The molecule has 4 heterocycles. The molecule has 0 unspecified atom stereocenters. The van der Waals surface area contributed by atoms with Crippen molar-refractivity contribution in [2.24, 2.45) is 5.92 Å². The second kappa shape index (κ2) is 7.82. The number of hydrogen-bond acceptors (Lipinski definition) is 4. The largest absolute Gasteiger partial charge is 0.348 e. The smallest absolute Gasteiger partial charge is 0.236 e. The molecule has 3 fully saturated rings. The summed E-state index contributed by atoms with van der Waals surface area (Å²) in [6.07, 6.45) is 6.63. The SMILES string of the molecule is CN(C)C(=O)CN1C[C@@H]2CC[C@H](C1)N(Cc1cnn(-c3ccccc3)c1)C2. The average molecular weight is 367 g/mol. The van der Waals surface area contributed by atoms with Gasteiger partial charge in [0.05, 0.1) is 18.4 Å². The van der Waals surface area contributed by atoms with E-state index in [4.69, 9.17) is 0 Å². The zero-order valence-corrected chi connectivity index (χ0v) is 16.3. The molecule has 144 valence electrons. The quantitative estimate of drug-likeness (QED) is 0.809. The number of aromatic nitrogens is 2. The molecule has 2 bridgehead atoms. The first kappa shape index (κ1) is 18.2. The molecule has 5 rings (SSSR count). The molecule has 6 nitrogen and oxygen atoms in total. The van der Waals surface area contributed by atoms with E-state index < -0.39 is 0 Å². The van der Waals surface area contributed by atoms with Crippen molar-refractivity contribution >= 4 is 5.91 Å². The fourth-order valence-electron chi connectivity index (χ4n) is 4.33. The summed E-state index contributed by atoms with van der Waals surface area (Å²) >= 11 is 0. The monoisotopic (exact) mass is 367 g/mol. The lowest BCUT2D eigenvalue weighted by Gasteiger charge is -2.35. The van der Waals surface area contributed by atoms with Crippen LogP contribution in [0.5, 0.6) is 0 Å². The molecule has 3 aliphatic rings. The number of carbonyl (C=O) groups excluding carboxylic acids is 1. The van der Waals surface area contributed by atoms with Gasteiger partial charge in [-0.25, -0.2) is 4.68 Å². The van der Waals surface area contributed by atoms with Crippen LogP contribution in [0, 0.1) is 5.92 Å². The third kappa shape index (κ3) is 4.22. The number of nitrogens with zero attached hydrogens (tertiary/aromatic N) is 5. The van der Waals surface area contributed by atoms with E-state index in [1.165, 1.54) is 18.4 Å². The summed E-state index contributed by atoms with van der Waals surface area (Å²) in [7, 11) is 3.68. The van der Waals surface area contributed by atoms with Crippen molar-refractivity contribution in [2.75, 3.05) is 40.3 Å². The Morgan fingerprint density at radius 1 is 1.15 bits per heavy atom. The summed E-state index contributed by atoms with van der Waals surface area (Å²) in [5.41, 5.74) is 2.34. The lowest BCUT2D eigenvalue weighted by molar-refractivity contribution is -0.130. The van der Waals surface area contributed by atoms with Crippen LogP contribution >= 0.6 is 0 Å². The summed E-state index contributed by atoms with van der Waals surface area (Å²) < 4.78 is 1.95. The van der Waals surface area contributed by atoms with E-state index in [0.717, 1.165) is 31.9 Å². The molecule has 0 saturated carbocycles. The van der Waals surface area contributed by atoms with Crippen LogP contribution in [-0.2, 0) is 11.3 Å². The molecule has 2 atom stereocenters. The average Bonchev–Trinajstić information content (AvgIpc) is 2.96. The zero-order chi connectivity index (χ0) is 18.8. The molecule has 3 saturated heterocycles. The molecule has 0 radical (unpaired) electrons. The number of carbonyl (C=O) groups is 1. The van der Waals surface area contributed by atoms with Crippen LogP contribution in [0.2, 0.25) is 0 Å². The van der Waals surface area contributed by atoms with E-state index in [2.05, 4.69) is 33.2 Å². The third-order valence-electron chi connectivity index (χ3n) is 5.80. The topological polar surface area (TPSA) is 44.6 Å². The number of rotatable bonds is 5. The highest BCUT2D eigenvalue weighted by Crippen LogP contribution is 2.29. The molecule has 0 spiro atoms. The van der Waals surface area contributed by atoms with Gasteiger partial charge in [-0.1, -0.05) is 18.2 Å². The fraction of sp³-hybridized carbons (Fsp3) is 0.524. The summed E-state index contributed by atoms with van der Waals surface area (Å²) in [4.78, 5) is 18.8. The van der Waals surface area contributed by atoms with Gasteiger partial charge in [0.25, 0.3) is 0 Å². The van der Waals surface area contributed by atoms with Gasteiger partial charge in [0.1, 0.15) is 0 Å². The maximum atomic E-state index is 12.1. The van der Waals surface area contributed by atoms with E-state index in [-0.39, 0.29) is 5.91 Å². The Balaban J connectivity index is 1.42. The number of hydrogen-bond donors (Lipinski definition) is 0. The Hall–Kier alpha value is -2.18. The van der Waals surface area contributed by atoms with Gasteiger partial charge in [0, 0.05) is 58.1 Å². The molecule has 27 heavy (non-hydrogen) atoms. The number of para-hydroxylation sites is 1. The highest BCUT2D eigenvalue weighted by molar-refractivity contribution is 5.77. The molecule has 1 aromatic carbocycles. The van der Waals surface area contributed by atoms with E-state index in [1.54, 1.807) is 4.90 Å². The van der Waals surface area contributed by atoms with Crippen LogP contribution in [0.4, 0.5) is 0 Å². The molecule has 0 aliphatic carbocycles. The summed E-state index contributed by atoms with van der Waals surface area (Å²) in [5.74, 6) is 0.856. The molecule has 6 heteroatoms. The minimum atomic E-state index is 0.201. The molecular formula is C21H29N5O. The Morgan fingerprint density at radius 3 is 2.74 bits per heavy atom. The molecule has 3 aliphatic heterocycles. The van der Waals surface area contributed by atoms with Gasteiger partial charge in [-0.05, 0) is 30.9 Å².